The van der Waals surface area contributed by atoms with Crippen LogP contribution in [0.1, 0.15) is 46.1 Å². The van der Waals surface area contributed by atoms with Crippen molar-refractivity contribution in [1.82, 2.24) is 4.90 Å². The number of hydrogen-bond acceptors (Lipinski definition) is 4. The van der Waals surface area contributed by atoms with Crippen molar-refractivity contribution < 1.29 is 14.6 Å². The summed E-state index contributed by atoms with van der Waals surface area (Å²) in [6.07, 6.45) is 0.493. The van der Waals surface area contributed by atoms with E-state index < -0.39 is 11.5 Å². The Morgan fingerprint density at radius 1 is 1.22 bits per heavy atom. The van der Waals surface area contributed by atoms with Crippen LogP contribution < -0.4 is 0 Å². The lowest BCUT2D eigenvalue weighted by molar-refractivity contribution is -0.160. The Morgan fingerprint density at radius 2 is 1.78 bits per heavy atom. The summed E-state index contributed by atoms with van der Waals surface area (Å²) < 4.78 is 5.59. The van der Waals surface area contributed by atoms with Gasteiger partial charge in [0.05, 0.1) is 11.5 Å². The SMILES string of the molecule is CC(C)N(CCOC(=O)C1(c2ccccc2)CC(O)C1)C(C)C. The molecule has 0 aliphatic heterocycles. The Balaban J connectivity index is 1.98. The summed E-state index contributed by atoms with van der Waals surface area (Å²) in [5.74, 6) is -0.207. The fraction of sp³-hybridized carbons (Fsp3) is 0.632. The molecular weight excluding hydrogens is 290 g/mol. The molecule has 1 fully saturated rings. The van der Waals surface area contributed by atoms with Crippen LogP contribution in [0.25, 0.3) is 0 Å². The fourth-order valence-corrected chi connectivity index (χ4v) is 3.52. The Morgan fingerprint density at radius 3 is 2.26 bits per heavy atom. The Hall–Kier alpha value is -1.39. The summed E-state index contributed by atoms with van der Waals surface area (Å²) in [7, 11) is 0. The first-order chi connectivity index (χ1) is 10.9. The number of hydrogen-bond donors (Lipinski definition) is 1. The molecule has 2 rings (SSSR count). The molecule has 128 valence electrons. The van der Waals surface area contributed by atoms with Gasteiger partial charge in [0.15, 0.2) is 0 Å². The van der Waals surface area contributed by atoms with Gasteiger partial charge in [-0.05, 0) is 46.1 Å². The highest BCUT2D eigenvalue weighted by Crippen LogP contribution is 2.44. The molecule has 0 atom stereocenters. The second kappa shape index (κ2) is 7.45. The predicted molar refractivity (Wildman–Crippen MR) is 91.3 cm³/mol. The molecule has 0 amide bonds. The van der Waals surface area contributed by atoms with Crippen LogP contribution in [0.15, 0.2) is 30.3 Å². The average molecular weight is 319 g/mol. The zero-order valence-electron chi connectivity index (χ0n) is 14.7. The zero-order valence-corrected chi connectivity index (χ0v) is 14.7. The van der Waals surface area contributed by atoms with Crippen molar-refractivity contribution in [3.63, 3.8) is 0 Å². The maximum Gasteiger partial charge on any atom is 0.316 e. The first-order valence-corrected chi connectivity index (χ1v) is 8.53. The number of rotatable bonds is 7. The van der Waals surface area contributed by atoms with Gasteiger partial charge in [0, 0.05) is 18.6 Å². The number of nitrogens with zero attached hydrogens (tertiary/aromatic N) is 1. The number of aliphatic hydroxyl groups excluding tert-OH is 1. The Kier molecular flexibility index (Phi) is 5.82. The van der Waals surface area contributed by atoms with Crippen LogP contribution in [0, 0.1) is 0 Å². The Bertz CT molecular complexity index is 499. The smallest absolute Gasteiger partial charge is 0.316 e. The van der Waals surface area contributed by atoms with Crippen molar-refractivity contribution in [3.8, 4) is 0 Å². The summed E-state index contributed by atoms with van der Waals surface area (Å²) in [4.78, 5) is 15.0. The van der Waals surface area contributed by atoms with Gasteiger partial charge in [0.2, 0.25) is 0 Å². The maximum absolute atomic E-state index is 12.7. The molecule has 0 saturated heterocycles. The van der Waals surface area contributed by atoms with Crippen molar-refractivity contribution in [2.75, 3.05) is 13.2 Å². The van der Waals surface area contributed by atoms with Crippen molar-refractivity contribution in [2.24, 2.45) is 0 Å². The number of benzene rings is 1. The first kappa shape index (κ1) is 18.0. The molecule has 1 aromatic rings. The maximum atomic E-state index is 12.7. The van der Waals surface area contributed by atoms with E-state index in [4.69, 9.17) is 4.74 Å². The van der Waals surface area contributed by atoms with E-state index in [1.54, 1.807) is 0 Å². The summed E-state index contributed by atoms with van der Waals surface area (Å²) in [6.45, 7) is 9.71. The van der Waals surface area contributed by atoms with Gasteiger partial charge in [0.1, 0.15) is 6.61 Å². The molecule has 0 radical (unpaired) electrons. The molecule has 1 saturated carbocycles. The Labute approximate surface area is 139 Å². The van der Waals surface area contributed by atoms with E-state index in [1.165, 1.54) is 0 Å². The summed E-state index contributed by atoms with van der Waals surface area (Å²) in [6, 6.07) is 10.5. The van der Waals surface area contributed by atoms with Gasteiger partial charge in [-0.3, -0.25) is 9.69 Å². The van der Waals surface area contributed by atoms with Gasteiger partial charge >= 0.3 is 5.97 Å². The molecule has 1 N–H and O–H groups in total. The number of carbonyl (C=O) groups excluding carboxylic acids is 1. The molecule has 4 nitrogen and oxygen atoms in total. The molecule has 23 heavy (non-hydrogen) atoms. The van der Waals surface area contributed by atoms with Crippen molar-refractivity contribution >= 4 is 5.97 Å². The van der Waals surface area contributed by atoms with E-state index in [0.717, 1.165) is 12.1 Å². The fourth-order valence-electron chi connectivity index (χ4n) is 3.52. The van der Waals surface area contributed by atoms with Crippen LogP contribution in [0.5, 0.6) is 0 Å². The van der Waals surface area contributed by atoms with Gasteiger partial charge < -0.3 is 9.84 Å². The molecule has 0 bridgehead atoms. The van der Waals surface area contributed by atoms with E-state index in [0.29, 0.717) is 31.5 Å². The molecule has 0 unspecified atom stereocenters. The minimum atomic E-state index is -0.666. The van der Waals surface area contributed by atoms with Gasteiger partial charge in [-0.25, -0.2) is 0 Å². The minimum absolute atomic E-state index is 0.207. The molecule has 4 heteroatoms. The van der Waals surface area contributed by atoms with Gasteiger partial charge in [-0.1, -0.05) is 30.3 Å². The van der Waals surface area contributed by atoms with Crippen LogP contribution in [0.4, 0.5) is 0 Å². The van der Waals surface area contributed by atoms with Crippen LogP contribution in [-0.2, 0) is 14.9 Å². The van der Waals surface area contributed by atoms with E-state index in [1.807, 2.05) is 30.3 Å². The lowest BCUT2D eigenvalue weighted by Gasteiger charge is -2.43. The molecule has 1 aliphatic carbocycles. The third-order valence-electron chi connectivity index (χ3n) is 4.79. The summed E-state index contributed by atoms with van der Waals surface area (Å²) in [5, 5.41) is 9.74. The van der Waals surface area contributed by atoms with E-state index in [9.17, 15) is 9.90 Å². The second-order valence-electron chi connectivity index (χ2n) is 7.07. The second-order valence-corrected chi connectivity index (χ2v) is 7.07. The quantitative estimate of drug-likeness (QED) is 0.785. The molecule has 0 spiro atoms. The number of ether oxygens (including phenoxy) is 1. The van der Waals surface area contributed by atoms with Crippen molar-refractivity contribution in [3.05, 3.63) is 35.9 Å². The lowest BCUT2D eigenvalue weighted by Crippen LogP contribution is -2.52. The topological polar surface area (TPSA) is 49.8 Å². The molecule has 1 aliphatic rings. The van der Waals surface area contributed by atoms with Gasteiger partial charge in [-0.15, -0.1) is 0 Å². The molecular formula is C19H29NO3. The predicted octanol–water partition coefficient (Wildman–Crippen LogP) is 2.74. The highest BCUT2D eigenvalue weighted by molar-refractivity contribution is 5.84. The standard InChI is InChI=1S/C19H29NO3/c1-14(2)20(15(3)4)10-11-23-18(22)19(12-17(21)13-19)16-8-6-5-7-9-16/h5-9,14-15,17,21H,10-13H2,1-4H3. The molecule has 0 heterocycles. The minimum Gasteiger partial charge on any atom is -0.464 e. The third-order valence-corrected chi connectivity index (χ3v) is 4.79. The van der Waals surface area contributed by atoms with Crippen LogP contribution >= 0.6 is 0 Å². The van der Waals surface area contributed by atoms with Crippen LogP contribution in [0.3, 0.4) is 0 Å². The number of esters is 1. The lowest BCUT2D eigenvalue weighted by atomic mass is 9.62. The van der Waals surface area contributed by atoms with E-state index >= 15 is 0 Å². The monoisotopic (exact) mass is 319 g/mol. The van der Waals surface area contributed by atoms with E-state index in [2.05, 4.69) is 32.6 Å². The highest BCUT2D eigenvalue weighted by Gasteiger charge is 2.52. The molecule has 1 aromatic carbocycles. The highest BCUT2D eigenvalue weighted by atomic mass is 16.5. The van der Waals surface area contributed by atoms with Gasteiger partial charge in [0.25, 0.3) is 0 Å². The summed E-state index contributed by atoms with van der Waals surface area (Å²) in [5.41, 5.74) is 0.279. The van der Waals surface area contributed by atoms with E-state index in [-0.39, 0.29) is 5.97 Å². The normalized spacial score (nSPS) is 24.1. The third kappa shape index (κ3) is 3.93. The number of aliphatic hydroxyl groups is 1. The largest absolute Gasteiger partial charge is 0.464 e. The summed E-state index contributed by atoms with van der Waals surface area (Å²) >= 11 is 0. The zero-order chi connectivity index (χ0) is 17.0. The first-order valence-electron chi connectivity index (χ1n) is 8.53. The van der Waals surface area contributed by atoms with Crippen LogP contribution in [0.2, 0.25) is 0 Å². The number of carbonyl (C=O) groups is 1. The van der Waals surface area contributed by atoms with Crippen LogP contribution in [-0.4, -0.2) is 47.3 Å². The van der Waals surface area contributed by atoms with Gasteiger partial charge in [-0.2, -0.15) is 0 Å². The average Bonchev–Trinajstić information content (AvgIpc) is 2.48. The van der Waals surface area contributed by atoms with Crippen molar-refractivity contribution in [1.29, 1.82) is 0 Å². The van der Waals surface area contributed by atoms with Crippen molar-refractivity contribution in [2.45, 2.75) is 64.1 Å². The molecule has 0 aromatic heterocycles.